The Balaban J connectivity index is 1.43. The Kier molecular flexibility index (Phi) is 10.9. The van der Waals surface area contributed by atoms with E-state index in [1.54, 1.807) is 0 Å². The van der Waals surface area contributed by atoms with Crippen LogP contribution in [0.3, 0.4) is 0 Å². The molecule has 28 heavy (non-hydrogen) atoms. The Morgan fingerprint density at radius 1 is 0.679 bits per heavy atom. The van der Waals surface area contributed by atoms with Crippen molar-refractivity contribution in [3.8, 4) is 0 Å². The van der Waals surface area contributed by atoms with E-state index in [0.29, 0.717) is 9.90 Å². The van der Waals surface area contributed by atoms with Gasteiger partial charge in [-0.25, -0.2) is 18.3 Å². The molecule has 0 aromatic carbocycles. The van der Waals surface area contributed by atoms with Gasteiger partial charge in [-0.1, -0.05) is 51.7 Å². The van der Waals surface area contributed by atoms with Crippen LogP contribution in [0, 0.1) is 0 Å². The molecule has 0 saturated carbocycles. The van der Waals surface area contributed by atoms with Crippen molar-refractivity contribution >= 4 is 44.3 Å². The number of alkyl halides is 2. The van der Waals surface area contributed by atoms with E-state index < -0.39 is 0 Å². The molecular formula is C22H34Br2N4+2. The number of nitrogens with zero attached hydrogens (tertiary/aromatic N) is 4. The Hall–Kier alpha value is -1.14. The summed E-state index contributed by atoms with van der Waals surface area (Å²) in [4.78, 5) is 0.763. The van der Waals surface area contributed by atoms with Crippen molar-refractivity contribution in [2.45, 2.75) is 74.1 Å². The van der Waals surface area contributed by atoms with Gasteiger partial charge in [-0.15, -0.1) is 0 Å². The molecule has 2 heterocycles. The van der Waals surface area contributed by atoms with E-state index in [9.17, 15) is 0 Å². The molecule has 0 amide bonds. The van der Waals surface area contributed by atoms with E-state index >= 15 is 0 Å². The first-order valence-corrected chi connectivity index (χ1v) is 12.2. The normalized spacial score (nSPS) is 13.4. The zero-order valence-electron chi connectivity index (χ0n) is 16.8. The molecule has 0 radical (unpaired) electrons. The van der Waals surface area contributed by atoms with E-state index in [-0.39, 0.29) is 0 Å². The van der Waals surface area contributed by atoms with Crippen molar-refractivity contribution in [3.05, 3.63) is 50.6 Å². The summed E-state index contributed by atoms with van der Waals surface area (Å²) < 4.78 is 8.34. The maximum atomic E-state index is 3.78. The van der Waals surface area contributed by atoms with Crippen LogP contribution in [0.2, 0.25) is 0 Å². The highest BCUT2D eigenvalue weighted by Crippen LogP contribution is 2.19. The fourth-order valence-corrected chi connectivity index (χ4v) is 4.43. The maximum absolute atomic E-state index is 3.78. The van der Waals surface area contributed by atoms with Gasteiger partial charge >= 0.3 is 0 Å². The van der Waals surface area contributed by atoms with E-state index in [2.05, 4.69) is 79.2 Å². The second-order valence-electron chi connectivity index (χ2n) is 7.26. The number of rotatable bonds is 15. The van der Waals surface area contributed by atoms with Crippen LogP contribution < -0.4 is 9.13 Å². The number of unbranched alkanes of at least 4 members (excludes halogenated alkanes) is 7. The third kappa shape index (κ3) is 8.08. The van der Waals surface area contributed by atoms with Gasteiger partial charge in [0.25, 0.3) is 0 Å². The molecule has 0 saturated heterocycles. The summed E-state index contributed by atoms with van der Waals surface area (Å²) in [6, 6.07) is 0. The van der Waals surface area contributed by atoms with Crippen LogP contribution in [0.25, 0.3) is 12.4 Å². The van der Waals surface area contributed by atoms with Crippen molar-refractivity contribution in [1.29, 1.82) is 0 Å². The lowest BCUT2D eigenvalue weighted by atomic mass is 10.1. The molecule has 2 atom stereocenters. The van der Waals surface area contributed by atoms with E-state index in [1.807, 2.05) is 33.9 Å². The average Bonchev–Trinajstić information content (AvgIpc) is 3.38. The van der Waals surface area contributed by atoms with Gasteiger partial charge in [-0.3, -0.25) is 0 Å². The first-order chi connectivity index (χ1) is 13.6. The minimum Gasteiger partial charge on any atom is -0.224 e. The molecule has 0 N–H and O–H groups in total. The quantitative estimate of drug-likeness (QED) is 0.148. The highest BCUT2D eigenvalue weighted by atomic mass is 79.9. The fraction of sp³-hybridized carbons (Fsp3) is 0.545. The molecule has 0 spiro atoms. The number of imidazole rings is 2. The lowest BCUT2D eigenvalue weighted by Crippen LogP contribution is -2.33. The molecule has 0 bridgehead atoms. The predicted octanol–water partition coefficient (Wildman–Crippen LogP) is 6.45. The summed E-state index contributed by atoms with van der Waals surface area (Å²) in [5, 5.41) is 0. The first-order valence-electron chi connectivity index (χ1n) is 10.3. The van der Waals surface area contributed by atoms with Crippen molar-refractivity contribution in [1.82, 2.24) is 9.13 Å². The van der Waals surface area contributed by atoms with Crippen LogP contribution in [0.1, 0.15) is 74.1 Å². The third-order valence-electron chi connectivity index (χ3n) is 5.06. The molecular weight excluding hydrogens is 480 g/mol. The van der Waals surface area contributed by atoms with Crippen LogP contribution >= 0.6 is 31.9 Å². The molecule has 0 aliphatic carbocycles. The third-order valence-corrected chi connectivity index (χ3v) is 6.92. The highest BCUT2D eigenvalue weighted by molar-refractivity contribution is 9.09. The van der Waals surface area contributed by atoms with Crippen molar-refractivity contribution in [2.24, 2.45) is 0 Å². The largest absolute Gasteiger partial charge is 0.249 e. The SMILES string of the molecule is C=Cn1cc[n+](C(Br)CCCCCCCCCCC(Br)[n+]2ccn(C=C)c2)c1. The molecule has 4 nitrogen and oxygen atoms in total. The summed E-state index contributed by atoms with van der Waals surface area (Å²) in [6.07, 6.45) is 28.9. The monoisotopic (exact) mass is 512 g/mol. The van der Waals surface area contributed by atoms with E-state index in [1.165, 1.54) is 64.2 Å². The molecule has 6 heteroatoms. The zero-order chi connectivity index (χ0) is 20.2. The molecule has 0 fully saturated rings. The predicted molar refractivity (Wildman–Crippen MR) is 124 cm³/mol. The Labute approximate surface area is 186 Å². The molecule has 2 unspecified atom stereocenters. The van der Waals surface area contributed by atoms with Gasteiger partial charge in [-0.05, 0) is 57.5 Å². The van der Waals surface area contributed by atoms with Gasteiger partial charge in [0.05, 0.1) is 12.4 Å². The Morgan fingerprint density at radius 2 is 1.04 bits per heavy atom. The second kappa shape index (κ2) is 13.2. The standard InChI is InChI=1S/C22H34Br2N4/c1-3-25-15-17-27(19-25)21(23)13-11-9-7-5-6-8-10-12-14-22(24)28-18-16-26(4-2)20-28/h3-4,15-22H,1-2,5-14H2/q+2. The van der Waals surface area contributed by atoms with Gasteiger partial charge in [0, 0.05) is 0 Å². The second-order valence-corrected chi connectivity index (χ2v) is 9.37. The number of aromatic nitrogens is 4. The van der Waals surface area contributed by atoms with E-state index in [0.717, 1.165) is 0 Å². The topological polar surface area (TPSA) is 17.6 Å². The lowest BCUT2D eigenvalue weighted by molar-refractivity contribution is -0.697. The van der Waals surface area contributed by atoms with Crippen LogP contribution in [-0.4, -0.2) is 9.13 Å². The lowest BCUT2D eigenvalue weighted by Gasteiger charge is -2.07. The van der Waals surface area contributed by atoms with Crippen LogP contribution in [-0.2, 0) is 0 Å². The van der Waals surface area contributed by atoms with E-state index in [4.69, 9.17) is 0 Å². The van der Waals surface area contributed by atoms with Gasteiger partial charge in [0.1, 0.15) is 24.8 Å². The minimum atomic E-state index is 0.382. The molecule has 2 aromatic heterocycles. The summed E-state index contributed by atoms with van der Waals surface area (Å²) in [5.74, 6) is 0. The van der Waals surface area contributed by atoms with Gasteiger partial charge in [0.15, 0.2) is 9.90 Å². The molecule has 0 aliphatic rings. The van der Waals surface area contributed by atoms with Gasteiger partial charge < -0.3 is 0 Å². The number of hydrogen-bond acceptors (Lipinski definition) is 0. The fourth-order valence-electron chi connectivity index (χ4n) is 3.30. The highest BCUT2D eigenvalue weighted by Gasteiger charge is 2.13. The summed E-state index contributed by atoms with van der Waals surface area (Å²) in [6.45, 7) is 7.56. The molecule has 2 rings (SSSR count). The summed E-state index contributed by atoms with van der Waals surface area (Å²) in [5.41, 5.74) is 0. The van der Waals surface area contributed by atoms with Crippen LogP contribution in [0.4, 0.5) is 0 Å². The van der Waals surface area contributed by atoms with Gasteiger partial charge in [0.2, 0.25) is 12.7 Å². The average molecular weight is 514 g/mol. The van der Waals surface area contributed by atoms with Crippen molar-refractivity contribution in [3.63, 3.8) is 0 Å². The smallest absolute Gasteiger partial charge is 0.224 e. The molecule has 154 valence electrons. The molecule has 0 aliphatic heterocycles. The van der Waals surface area contributed by atoms with Crippen molar-refractivity contribution < 1.29 is 9.13 Å². The molecule has 2 aromatic rings. The minimum absolute atomic E-state index is 0.382. The summed E-state index contributed by atoms with van der Waals surface area (Å²) >= 11 is 7.55. The Morgan fingerprint density at radius 3 is 1.36 bits per heavy atom. The number of halogens is 2. The number of hydrogen-bond donors (Lipinski definition) is 0. The van der Waals surface area contributed by atoms with Crippen LogP contribution in [0.15, 0.2) is 50.6 Å². The maximum Gasteiger partial charge on any atom is 0.249 e. The van der Waals surface area contributed by atoms with Gasteiger partial charge in [-0.2, -0.15) is 0 Å². The summed E-state index contributed by atoms with van der Waals surface area (Å²) in [7, 11) is 0. The van der Waals surface area contributed by atoms with Crippen molar-refractivity contribution in [2.75, 3.05) is 0 Å². The Bertz CT molecular complexity index is 647. The first kappa shape index (κ1) is 23.1. The van der Waals surface area contributed by atoms with Crippen LogP contribution in [0.5, 0.6) is 0 Å². The zero-order valence-corrected chi connectivity index (χ0v) is 20.0.